The molecule has 0 saturated carbocycles. The molecule has 0 amide bonds. The van der Waals surface area contributed by atoms with Gasteiger partial charge in [-0.15, -0.1) is 11.3 Å². The zero-order chi connectivity index (χ0) is 14.9. The van der Waals surface area contributed by atoms with E-state index in [9.17, 15) is 8.42 Å². The molecular formula is C16H13NaO3S2. The van der Waals surface area contributed by atoms with Gasteiger partial charge in [-0.1, -0.05) is 54.6 Å². The van der Waals surface area contributed by atoms with E-state index in [0.29, 0.717) is 0 Å². The molecule has 0 atom stereocenters. The third-order valence-electron chi connectivity index (χ3n) is 3.11. The molecule has 0 bridgehead atoms. The standard InChI is InChI=1S/C16H12O3S2.Na.H/c17-21(18,19)16-11-10-15(20-16)14-8-6-13(7-9-14)12-4-2-1-3-5-12;;/h1-11H,(H,17,18,19);;. The Morgan fingerprint density at radius 1 is 0.727 bits per heavy atom. The van der Waals surface area contributed by atoms with Crippen molar-refractivity contribution in [2.75, 3.05) is 0 Å². The quantitative estimate of drug-likeness (QED) is 0.584. The van der Waals surface area contributed by atoms with Crippen molar-refractivity contribution in [3.8, 4) is 21.6 Å². The zero-order valence-electron chi connectivity index (χ0n) is 10.9. The van der Waals surface area contributed by atoms with Gasteiger partial charge in [0, 0.05) is 4.88 Å². The van der Waals surface area contributed by atoms with Gasteiger partial charge in [0.25, 0.3) is 0 Å². The van der Waals surface area contributed by atoms with Crippen molar-refractivity contribution in [2.24, 2.45) is 0 Å². The van der Waals surface area contributed by atoms with Crippen LogP contribution < -0.4 is 0 Å². The first-order chi connectivity index (χ1) is 10.0. The second-order valence-corrected chi connectivity index (χ2v) is 7.27. The molecule has 0 aliphatic carbocycles. The molecule has 1 N–H and O–H groups in total. The van der Waals surface area contributed by atoms with Gasteiger partial charge in [0.05, 0.1) is 0 Å². The molecule has 3 rings (SSSR count). The summed E-state index contributed by atoms with van der Waals surface area (Å²) in [5, 5.41) is 0. The number of rotatable bonds is 3. The van der Waals surface area contributed by atoms with Crippen molar-refractivity contribution in [3.63, 3.8) is 0 Å². The van der Waals surface area contributed by atoms with E-state index in [1.54, 1.807) is 6.07 Å². The molecule has 0 fully saturated rings. The Kier molecular flexibility index (Phi) is 5.60. The van der Waals surface area contributed by atoms with Crippen molar-refractivity contribution in [2.45, 2.75) is 4.21 Å². The molecule has 0 saturated heterocycles. The van der Waals surface area contributed by atoms with Gasteiger partial charge >= 0.3 is 39.7 Å². The topological polar surface area (TPSA) is 54.4 Å². The average molecular weight is 340 g/mol. The molecule has 0 aliphatic rings. The fourth-order valence-corrected chi connectivity index (χ4v) is 3.74. The first kappa shape index (κ1) is 17.4. The van der Waals surface area contributed by atoms with Crippen molar-refractivity contribution in [3.05, 3.63) is 66.7 Å². The van der Waals surface area contributed by atoms with Crippen LogP contribution in [-0.4, -0.2) is 42.5 Å². The van der Waals surface area contributed by atoms with Crippen molar-refractivity contribution < 1.29 is 13.0 Å². The van der Waals surface area contributed by atoms with Gasteiger partial charge in [0.15, 0.2) is 0 Å². The van der Waals surface area contributed by atoms with E-state index < -0.39 is 10.1 Å². The van der Waals surface area contributed by atoms with Crippen LogP contribution in [-0.2, 0) is 10.1 Å². The minimum absolute atomic E-state index is 0. The summed E-state index contributed by atoms with van der Waals surface area (Å²) in [4.78, 5) is 0.808. The molecule has 22 heavy (non-hydrogen) atoms. The van der Waals surface area contributed by atoms with E-state index in [4.69, 9.17) is 4.55 Å². The van der Waals surface area contributed by atoms with E-state index in [1.807, 2.05) is 54.6 Å². The van der Waals surface area contributed by atoms with Gasteiger partial charge in [-0.2, -0.15) is 8.42 Å². The number of thiophene rings is 1. The molecular weight excluding hydrogens is 327 g/mol. The second kappa shape index (κ2) is 7.08. The Morgan fingerprint density at radius 2 is 1.27 bits per heavy atom. The van der Waals surface area contributed by atoms with Crippen LogP contribution >= 0.6 is 11.3 Å². The SMILES string of the molecule is O=S(=O)(O)c1ccc(-c2ccc(-c3ccccc3)cc2)s1.[NaH]. The first-order valence-corrected chi connectivity index (χ1v) is 8.53. The number of benzene rings is 2. The molecule has 0 radical (unpaired) electrons. The fraction of sp³-hybridized carbons (Fsp3) is 0. The van der Waals surface area contributed by atoms with Crippen LogP contribution in [0.5, 0.6) is 0 Å². The summed E-state index contributed by atoms with van der Waals surface area (Å²) < 4.78 is 31.2. The summed E-state index contributed by atoms with van der Waals surface area (Å²) >= 11 is 1.06. The molecule has 2 aromatic carbocycles. The molecule has 3 aromatic rings. The van der Waals surface area contributed by atoms with Crippen LogP contribution in [0.2, 0.25) is 0 Å². The van der Waals surface area contributed by atoms with E-state index in [1.165, 1.54) is 6.07 Å². The van der Waals surface area contributed by atoms with Gasteiger partial charge in [-0.25, -0.2) is 0 Å². The summed E-state index contributed by atoms with van der Waals surface area (Å²) in [5.74, 6) is 0. The molecule has 0 unspecified atom stereocenters. The third-order valence-corrected chi connectivity index (χ3v) is 5.57. The second-order valence-electron chi connectivity index (χ2n) is 4.54. The Hall–Kier alpha value is -0.950. The van der Waals surface area contributed by atoms with E-state index in [0.717, 1.165) is 32.9 Å². The maximum atomic E-state index is 11.1. The van der Waals surface area contributed by atoms with Crippen molar-refractivity contribution in [1.82, 2.24) is 0 Å². The zero-order valence-corrected chi connectivity index (χ0v) is 12.6. The van der Waals surface area contributed by atoms with E-state index in [2.05, 4.69) is 0 Å². The van der Waals surface area contributed by atoms with Crippen molar-refractivity contribution in [1.29, 1.82) is 0 Å². The molecule has 6 heteroatoms. The van der Waals surface area contributed by atoms with Gasteiger partial charge in [-0.05, 0) is 28.8 Å². The molecule has 108 valence electrons. The van der Waals surface area contributed by atoms with Gasteiger partial charge < -0.3 is 0 Å². The third kappa shape index (κ3) is 3.87. The van der Waals surface area contributed by atoms with Gasteiger partial charge in [0.1, 0.15) is 4.21 Å². The summed E-state index contributed by atoms with van der Waals surface area (Å²) in [5.41, 5.74) is 3.16. The molecule has 1 heterocycles. The monoisotopic (exact) mass is 340 g/mol. The van der Waals surface area contributed by atoms with Crippen LogP contribution in [0.25, 0.3) is 21.6 Å². The molecule has 0 aliphatic heterocycles. The van der Waals surface area contributed by atoms with Crippen molar-refractivity contribution >= 4 is 51.0 Å². The minimum atomic E-state index is -4.12. The predicted octanol–water partition coefficient (Wildman–Crippen LogP) is 3.68. The fourth-order valence-electron chi connectivity index (χ4n) is 2.07. The van der Waals surface area contributed by atoms with Crippen LogP contribution in [0.15, 0.2) is 70.9 Å². The normalized spacial score (nSPS) is 11.0. The van der Waals surface area contributed by atoms with Crippen LogP contribution in [0.3, 0.4) is 0 Å². The Bertz CT molecular complexity index is 854. The average Bonchev–Trinajstić information content (AvgIpc) is 2.98. The molecule has 3 nitrogen and oxygen atoms in total. The Labute approximate surface area is 155 Å². The number of hydrogen-bond donors (Lipinski definition) is 1. The van der Waals surface area contributed by atoms with Gasteiger partial charge in [0.2, 0.25) is 0 Å². The molecule has 1 aromatic heterocycles. The van der Waals surface area contributed by atoms with Crippen LogP contribution in [0, 0.1) is 0 Å². The maximum absolute atomic E-state index is 11.1. The number of hydrogen-bond acceptors (Lipinski definition) is 3. The first-order valence-electron chi connectivity index (χ1n) is 6.27. The summed E-state index contributed by atoms with van der Waals surface area (Å²) in [6.45, 7) is 0. The van der Waals surface area contributed by atoms with Crippen LogP contribution in [0.1, 0.15) is 0 Å². The summed E-state index contributed by atoms with van der Waals surface area (Å²) in [7, 11) is -4.12. The summed E-state index contributed by atoms with van der Waals surface area (Å²) in [6, 6.07) is 21.0. The molecule has 0 spiro atoms. The Morgan fingerprint density at radius 3 is 1.82 bits per heavy atom. The van der Waals surface area contributed by atoms with Crippen LogP contribution in [0.4, 0.5) is 0 Å². The Balaban J connectivity index is 0.00000176. The van der Waals surface area contributed by atoms with E-state index in [-0.39, 0.29) is 33.8 Å². The summed E-state index contributed by atoms with van der Waals surface area (Å²) in [6.07, 6.45) is 0. The predicted molar refractivity (Wildman–Crippen MR) is 92.2 cm³/mol. The van der Waals surface area contributed by atoms with E-state index >= 15 is 0 Å². The van der Waals surface area contributed by atoms with Gasteiger partial charge in [-0.3, -0.25) is 4.55 Å².